The Morgan fingerprint density at radius 2 is 1.84 bits per heavy atom. The van der Waals surface area contributed by atoms with Crippen LogP contribution < -0.4 is 5.32 Å². The molecule has 0 bridgehead atoms. The lowest BCUT2D eigenvalue weighted by atomic mass is 9.98. The first-order valence-corrected chi connectivity index (χ1v) is 12.3. The number of fused-ring (bicyclic) bond motifs is 1. The minimum atomic E-state index is -0.0548. The molecule has 2 saturated heterocycles. The lowest BCUT2D eigenvalue weighted by Crippen LogP contribution is -2.42. The highest BCUT2D eigenvalue weighted by molar-refractivity contribution is 5.77. The van der Waals surface area contributed by atoms with Crippen LogP contribution in [0.4, 0.5) is 5.82 Å². The molecule has 8 nitrogen and oxygen atoms in total. The summed E-state index contributed by atoms with van der Waals surface area (Å²) < 4.78 is 0. The molecular formula is C24H38N6O2. The molecule has 3 aliphatic heterocycles. The zero-order valence-electron chi connectivity index (χ0n) is 19.9. The van der Waals surface area contributed by atoms with E-state index in [4.69, 9.17) is 9.97 Å². The third-order valence-electron chi connectivity index (χ3n) is 7.40. The maximum atomic E-state index is 13.2. The number of carbonyl (C=O) groups is 2. The lowest BCUT2D eigenvalue weighted by molar-refractivity contribution is -0.135. The van der Waals surface area contributed by atoms with E-state index in [1.807, 2.05) is 16.8 Å². The van der Waals surface area contributed by atoms with Crippen molar-refractivity contribution in [2.75, 3.05) is 45.1 Å². The number of piperidine rings is 2. The largest absolute Gasteiger partial charge is 0.373 e. The van der Waals surface area contributed by atoms with Gasteiger partial charge in [-0.3, -0.25) is 9.59 Å². The quantitative estimate of drug-likeness (QED) is 0.755. The fourth-order valence-corrected chi connectivity index (χ4v) is 5.24. The number of carbonyl (C=O) groups excluding carboxylic acids is 2. The van der Waals surface area contributed by atoms with Crippen molar-refractivity contribution in [1.29, 1.82) is 0 Å². The van der Waals surface area contributed by atoms with Gasteiger partial charge in [0.15, 0.2) is 5.82 Å². The maximum Gasteiger partial charge on any atom is 0.224 e. The van der Waals surface area contributed by atoms with E-state index in [9.17, 15) is 9.59 Å². The number of nitrogens with zero attached hydrogens (tertiary/aromatic N) is 5. The van der Waals surface area contributed by atoms with Gasteiger partial charge in [0.05, 0.1) is 18.3 Å². The highest BCUT2D eigenvalue weighted by atomic mass is 16.2. The van der Waals surface area contributed by atoms with E-state index in [0.717, 1.165) is 80.7 Å². The topological polar surface area (TPSA) is 81.7 Å². The summed E-state index contributed by atoms with van der Waals surface area (Å²) in [5, 5.41) is 3.21. The molecule has 176 valence electrons. The van der Waals surface area contributed by atoms with Gasteiger partial charge in [0.25, 0.3) is 0 Å². The summed E-state index contributed by atoms with van der Waals surface area (Å²) >= 11 is 0. The number of hydrogen-bond donors (Lipinski definition) is 1. The fourth-order valence-electron chi connectivity index (χ4n) is 5.24. The second-order valence-corrected chi connectivity index (χ2v) is 9.67. The first kappa shape index (κ1) is 23.0. The predicted molar refractivity (Wildman–Crippen MR) is 124 cm³/mol. The van der Waals surface area contributed by atoms with Crippen molar-refractivity contribution in [2.24, 2.45) is 5.92 Å². The number of rotatable bonds is 5. The molecule has 8 heteroatoms. The zero-order chi connectivity index (χ0) is 22.7. The summed E-state index contributed by atoms with van der Waals surface area (Å²) in [6, 6.07) is -0.0548. The Balaban J connectivity index is 1.48. The molecule has 2 amide bonds. The number of amides is 2. The predicted octanol–water partition coefficient (Wildman–Crippen LogP) is 2.60. The molecule has 1 aromatic heterocycles. The van der Waals surface area contributed by atoms with Crippen LogP contribution in [0.2, 0.25) is 0 Å². The summed E-state index contributed by atoms with van der Waals surface area (Å²) in [6.45, 7) is 9.00. The average molecular weight is 443 g/mol. The highest BCUT2D eigenvalue weighted by Crippen LogP contribution is 2.33. The van der Waals surface area contributed by atoms with E-state index in [0.29, 0.717) is 19.5 Å². The molecule has 1 aromatic rings. The number of aromatic nitrogens is 2. The molecule has 1 N–H and O–H groups in total. The molecule has 2 fully saturated rings. The number of anilines is 1. The molecule has 3 aliphatic rings. The van der Waals surface area contributed by atoms with E-state index < -0.39 is 0 Å². The van der Waals surface area contributed by atoms with Crippen molar-refractivity contribution < 1.29 is 9.59 Å². The van der Waals surface area contributed by atoms with Gasteiger partial charge in [0, 0.05) is 52.0 Å². The smallest absolute Gasteiger partial charge is 0.224 e. The van der Waals surface area contributed by atoms with Gasteiger partial charge in [-0.2, -0.15) is 0 Å². The fraction of sp³-hybridized carbons (Fsp3) is 0.750. The Bertz CT molecular complexity index is 819. The van der Waals surface area contributed by atoms with E-state index in [1.165, 1.54) is 12.8 Å². The van der Waals surface area contributed by atoms with Crippen LogP contribution in [0.15, 0.2) is 0 Å². The van der Waals surface area contributed by atoms with Gasteiger partial charge in [-0.15, -0.1) is 0 Å². The van der Waals surface area contributed by atoms with E-state index in [2.05, 4.69) is 17.1 Å². The highest BCUT2D eigenvalue weighted by Gasteiger charge is 2.32. The molecule has 0 saturated carbocycles. The summed E-state index contributed by atoms with van der Waals surface area (Å²) in [4.78, 5) is 41.2. The Morgan fingerprint density at radius 3 is 2.56 bits per heavy atom. The molecule has 0 aromatic carbocycles. The van der Waals surface area contributed by atoms with Crippen LogP contribution in [-0.4, -0.2) is 76.3 Å². The van der Waals surface area contributed by atoms with Crippen LogP contribution in [0.3, 0.4) is 0 Å². The van der Waals surface area contributed by atoms with E-state index in [1.54, 1.807) is 6.92 Å². The second-order valence-electron chi connectivity index (χ2n) is 9.67. The molecule has 0 spiro atoms. The van der Waals surface area contributed by atoms with Crippen molar-refractivity contribution in [1.82, 2.24) is 24.7 Å². The number of hydrogen-bond acceptors (Lipinski definition) is 6. The summed E-state index contributed by atoms with van der Waals surface area (Å²) in [6.07, 6.45) is 6.81. The van der Waals surface area contributed by atoms with Gasteiger partial charge in [-0.1, -0.05) is 6.92 Å². The summed E-state index contributed by atoms with van der Waals surface area (Å²) in [5.74, 6) is 2.65. The van der Waals surface area contributed by atoms with Crippen molar-refractivity contribution in [2.45, 2.75) is 71.4 Å². The minimum Gasteiger partial charge on any atom is -0.373 e. The van der Waals surface area contributed by atoms with Crippen LogP contribution >= 0.6 is 0 Å². The first-order chi connectivity index (χ1) is 15.5. The second kappa shape index (κ2) is 10.1. The van der Waals surface area contributed by atoms with Crippen LogP contribution in [0.25, 0.3) is 0 Å². The lowest BCUT2D eigenvalue weighted by Gasteiger charge is -2.37. The van der Waals surface area contributed by atoms with Crippen molar-refractivity contribution >= 4 is 17.6 Å². The van der Waals surface area contributed by atoms with Gasteiger partial charge in [0.2, 0.25) is 11.8 Å². The van der Waals surface area contributed by atoms with Crippen molar-refractivity contribution in [3.63, 3.8) is 0 Å². The van der Waals surface area contributed by atoms with Gasteiger partial charge in [0.1, 0.15) is 5.82 Å². The average Bonchev–Trinajstić information content (AvgIpc) is 2.82. The molecule has 32 heavy (non-hydrogen) atoms. The molecule has 0 unspecified atom stereocenters. The van der Waals surface area contributed by atoms with Crippen LogP contribution in [0.1, 0.15) is 75.5 Å². The van der Waals surface area contributed by atoms with Crippen LogP contribution in [0, 0.1) is 5.92 Å². The SMILES string of the molecule is CNc1nc([C@@H]2CCCCN2C(=O)CCN2CCC(C)CC2)nc2c1CN(C(C)=O)CC2. The maximum absolute atomic E-state index is 13.2. The number of likely N-dealkylation sites (tertiary alicyclic amines) is 2. The monoisotopic (exact) mass is 442 g/mol. The standard InChI is InChI=1S/C24H38N6O2/c1-17-7-12-28(13-8-17)14-10-22(32)30-11-5-4-6-21(30)24-26-20-9-15-29(18(2)31)16-19(20)23(25-3)27-24/h17,21H,4-16H2,1-3H3,(H,25,26,27)/t21-/m0/s1. The Labute approximate surface area is 191 Å². The molecule has 0 aliphatic carbocycles. The minimum absolute atomic E-state index is 0.0548. The van der Waals surface area contributed by atoms with Crippen LogP contribution in [0.5, 0.6) is 0 Å². The van der Waals surface area contributed by atoms with Gasteiger partial charge in [-0.25, -0.2) is 9.97 Å². The molecule has 1 atom stereocenters. The van der Waals surface area contributed by atoms with E-state index in [-0.39, 0.29) is 17.9 Å². The van der Waals surface area contributed by atoms with Crippen molar-refractivity contribution in [3.8, 4) is 0 Å². The van der Waals surface area contributed by atoms with Crippen molar-refractivity contribution in [3.05, 3.63) is 17.1 Å². The first-order valence-electron chi connectivity index (χ1n) is 12.3. The summed E-state index contributed by atoms with van der Waals surface area (Å²) in [5.41, 5.74) is 2.02. The molecule has 4 heterocycles. The Morgan fingerprint density at radius 1 is 1.06 bits per heavy atom. The molecule has 0 radical (unpaired) electrons. The van der Waals surface area contributed by atoms with E-state index >= 15 is 0 Å². The zero-order valence-corrected chi connectivity index (χ0v) is 19.9. The third kappa shape index (κ3) is 5.05. The normalized spacial score (nSPS) is 22.5. The third-order valence-corrected chi connectivity index (χ3v) is 7.40. The molecular weight excluding hydrogens is 404 g/mol. The Kier molecular flexibility index (Phi) is 7.28. The summed E-state index contributed by atoms with van der Waals surface area (Å²) in [7, 11) is 1.86. The van der Waals surface area contributed by atoms with Crippen LogP contribution in [-0.2, 0) is 22.6 Å². The van der Waals surface area contributed by atoms with Gasteiger partial charge >= 0.3 is 0 Å². The molecule has 4 rings (SSSR count). The van der Waals surface area contributed by atoms with Gasteiger partial charge < -0.3 is 20.0 Å². The Hall–Kier alpha value is -2.22. The number of nitrogens with one attached hydrogen (secondary N) is 1. The van der Waals surface area contributed by atoms with Gasteiger partial charge in [-0.05, 0) is 51.1 Å².